The van der Waals surface area contributed by atoms with Crippen molar-refractivity contribution in [3.05, 3.63) is 63.6 Å². The highest BCUT2D eigenvalue weighted by molar-refractivity contribution is 9.10. The van der Waals surface area contributed by atoms with Gasteiger partial charge in [-0.3, -0.25) is 9.59 Å². The Morgan fingerprint density at radius 2 is 1.81 bits per heavy atom. The molecule has 3 rings (SSSR count). The van der Waals surface area contributed by atoms with Crippen molar-refractivity contribution in [2.24, 2.45) is 0 Å². The van der Waals surface area contributed by atoms with Crippen LogP contribution in [0.3, 0.4) is 0 Å². The summed E-state index contributed by atoms with van der Waals surface area (Å²) in [4.78, 5) is 25.0. The number of nitrogens with one attached hydrogen (secondary N) is 3. The molecule has 1 heterocycles. The van der Waals surface area contributed by atoms with Crippen molar-refractivity contribution in [3.8, 4) is 0 Å². The van der Waals surface area contributed by atoms with Gasteiger partial charge < -0.3 is 16.0 Å². The van der Waals surface area contributed by atoms with Crippen LogP contribution in [-0.2, 0) is 0 Å². The predicted octanol–water partition coefficient (Wildman–Crippen LogP) is 3.49. The lowest BCUT2D eigenvalue weighted by Gasteiger charge is -2.24. The van der Waals surface area contributed by atoms with E-state index in [1.807, 2.05) is 25.1 Å². The first kappa shape index (κ1) is 18.6. The fourth-order valence-corrected chi connectivity index (χ4v) is 3.20. The third-order valence-corrected chi connectivity index (χ3v) is 5.02. The van der Waals surface area contributed by atoms with E-state index in [0.717, 1.165) is 36.0 Å². The molecule has 6 heteroatoms. The second kappa shape index (κ2) is 8.47. The van der Waals surface area contributed by atoms with Gasteiger partial charge in [-0.25, -0.2) is 0 Å². The summed E-state index contributed by atoms with van der Waals surface area (Å²) < 4.78 is 0.918. The minimum Gasteiger partial charge on any atom is -0.348 e. The minimum atomic E-state index is -0.199. The van der Waals surface area contributed by atoms with Gasteiger partial charge in [-0.05, 0) is 68.3 Å². The molecule has 5 nitrogen and oxygen atoms in total. The average Bonchev–Trinajstić information content (AvgIpc) is 2.64. The molecule has 1 aliphatic rings. The zero-order valence-electron chi connectivity index (χ0n) is 14.6. The second-order valence-corrected chi connectivity index (χ2v) is 7.42. The van der Waals surface area contributed by atoms with E-state index in [2.05, 4.69) is 31.9 Å². The third-order valence-electron chi connectivity index (χ3n) is 4.49. The largest absolute Gasteiger partial charge is 0.348 e. The van der Waals surface area contributed by atoms with Gasteiger partial charge in [0.15, 0.2) is 0 Å². The molecular formula is C20H22BrN3O2. The lowest BCUT2D eigenvalue weighted by molar-refractivity contribution is 0.0929. The molecular weight excluding hydrogens is 394 g/mol. The number of piperidine rings is 1. The van der Waals surface area contributed by atoms with E-state index < -0.39 is 0 Å². The van der Waals surface area contributed by atoms with Gasteiger partial charge in [0.25, 0.3) is 11.8 Å². The molecule has 1 fully saturated rings. The number of aryl methyl sites for hydroxylation is 1. The molecule has 0 radical (unpaired) electrons. The summed E-state index contributed by atoms with van der Waals surface area (Å²) in [6.07, 6.45) is 2.05. The second-order valence-electron chi connectivity index (χ2n) is 6.51. The summed E-state index contributed by atoms with van der Waals surface area (Å²) in [5.41, 5.74) is 2.67. The van der Waals surface area contributed by atoms with Crippen molar-refractivity contribution in [3.63, 3.8) is 0 Å². The van der Waals surface area contributed by atoms with E-state index in [0.29, 0.717) is 16.8 Å². The van der Waals surface area contributed by atoms with Gasteiger partial charge in [-0.1, -0.05) is 22.0 Å². The van der Waals surface area contributed by atoms with Crippen molar-refractivity contribution >= 4 is 33.4 Å². The van der Waals surface area contributed by atoms with Crippen LogP contribution >= 0.6 is 15.9 Å². The first-order chi connectivity index (χ1) is 12.5. The maximum atomic E-state index is 12.5. The van der Waals surface area contributed by atoms with E-state index in [1.165, 1.54) is 0 Å². The molecule has 0 aliphatic carbocycles. The molecule has 2 aromatic carbocycles. The number of halogens is 1. The van der Waals surface area contributed by atoms with E-state index in [9.17, 15) is 9.59 Å². The number of hydrogen-bond acceptors (Lipinski definition) is 3. The van der Waals surface area contributed by atoms with Crippen LogP contribution in [0.5, 0.6) is 0 Å². The Balaban J connectivity index is 1.71. The summed E-state index contributed by atoms with van der Waals surface area (Å²) >= 11 is 3.36. The molecule has 0 saturated carbocycles. The Kier molecular flexibility index (Phi) is 6.06. The lowest BCUT2D eigenvalue weighted by atomic mass is 10.1. The summed E-state index contributed by atoms with van der Waals surface area (Å²) in [5.74, 6) is -0.313. The van der Waals surface area contributed by atoms with Crippen molar-refractivity contribution in [1.29, 1.82) is 0 Å². The van der Waals surface area contributed by atoms with Crippen molar-refractivity contribution in [2.75, 3.05) is 18.4 Å². The number of carbonyl (C=O) groups is 2. The van der Waals surface area contributed by atoms with Crippen molar-refractivity contribution < 1.29 is 9.59 Å². The number of carbonyl (C=O) groups excluding carboxylic acids is 2. The zero-order chi connectivity index (χ0) is 18.5. The van der Waals surface area contributed by atoms with Gasteiger partial charge in [0, 0.05) is 33.9 Å². The van der Waals surface area contributed by atoms with Crippen LogP contribution in [-0.4, -0.2) is 30.9 Å². The summed E-state index contributed by atoms with van der Waals surface area (Å²) in [7, 11) is 0. The topological polar surface area (TPSA) is 70.2 Å². The molecule has 1 atom stereocenters. The summed E-state index contributed by atoms with van der Waals surface area (Å²) in [5, 5.41) is 9.24. The van der Waals surface area contributed by atoms with E-state index in [4.69, 9.17) is 0 Å². The van der Waals surface area contributed by atoms with Crippen LogP contribution in [0.15, 0.2) is 46.9 Å². The molecule has 2 aromatic rings. The van der Waals surface area contributed by atoms with Crippen molar-refractivity contribution in [2.45, 2.75) is 25.8 Å². The van der Waals surface area contributed by atoms with Crippen LogP contribution in [0, 0.1) is 6.92 Å². The third kappa shape index (κ3) is 4.71. The van der Waals surface area contributed by atoms with Gasteiger partial charge >= 0.3 is 0 Å². The summed E-state index contributed by atoms with van der Waals surface area (Å²) in [6.45, 7) is 3.71. The average molecular weight is 416 g/mol. The SMILES string of the molecule is Cc1ccc(C(=O)N[C@H]2CCCNC2)cc1NC(=O)c1ccc(Br)cc1. The van der Waals surface area contributed by atoms with Crippen LogP contribution in [0.2, 0.25) is 0 Å². The van der Waals surface area contributed by atoms with E-state index in [1.54, 1.807) is 24.3 Å². The highest BCUT2D eigenvalue weighted by Crippen LogP contribution is 2.19. The van der Waals surface area contributed by atoms with Gasteiger partial charge in [-0.2, -0.15) is 0 Å². The van der Waals surface area contributed by atoms with Crippen LogP contribution in [0.1, 0.15) is 39.1 Å². The molecule has 0 spiro atoms. The normalized spacial score (nSPS) is 16.8. The first-order valence-electron chi connectivity index (χ1n) is 8.72. The number of hydrogen-bond donors (Lipinski definition) is 3. The Hall–Kier alpha value is -2.18. The maximum Gasteiger partial charge on any atom is 0.255 e. The molecule has 26 heavy (non-hydrogen) atoms. The molecule has 0 unspecified atom stereocenters. The smallest absolute Gasteiger partial charge is 0.255 e. The molecule has 3 N–H and O–H groups in total. The maximum absolute atomic E-state index is 12.5. The Morgan fingerprint density at radius 1 is 1.08 bits per heavy atom. The lowest BCUT2D eigenvalue weighted by Crippen LogP contribution is -2.45. The summed E-state index contributed by atoms with van der Waals surface area (Å²) in [6, 6.07) is 12.7. The fraction of sp³-hybridized carbons (Fsp3) is 0.300. The predicted molar refractivity (Wildman–Crippen MR) is 107 cm³/mol. The standard InChI is InChI=1S/C20H22BrN3O2/c1-13-4-5-15(20(26)23-17-3-2-10-22-12-17)11-18(13)24-19(25)14-6-8-16(21)9-7-14/h4-9,11,17,22H,2-3,10,12H2,1H3,(H,23,26)(H,24,25)/t17-/m0/s1. The van der Waals surface area contributed by atoms with Crippen LogP contribution in [0.4, 0.5) is 5.69 Å². The number of rotatable bonds is 4. The quantitative estimate of drug-likeness (QED) is 0.715. The monoisotopic (exact) mass is 415 g/mol. The van der Waals surface area contributed by atoms with Crippen LogP contribution in [0.25, 0.3) is 0 Å². The molecule has 1 saturated heterocycles. The van der Waals surface area contributed by atoms with Gasteiger partial charge in [-0.15, -0.1) is 0 Å². The number of anilines is 1. The number of amides is 2. The first-order valence-corrected chi connectivity index (χ1v) is 9.51. The molecule has 2 amide bonds. The molecule has 136 valence electrons. The van der Waals surface area contributed by atoms with Gasteiger partial charge in [0.1, 0.15) is 0 Å². The van der Waals surface area contributed by atoms with Gasteiger partial charge in [0.2, 0.25) is 0 Å². The molecule has 1 aliphatic heterocycles. The molecule has 0 bridgehead atoms. The highest BCUT2D eigenvalue weighted by Gasteiger charge is 2.17. The zero-order valence-corrected chi connectivity index (χ0v) is 16.2. The van der Waals surface area contributed by atoms with E-state index in [-0.39, 0.29) is 17.9 Å². The highest BCUT2D eigenvalue weighted by atomic mass is 79.9. The number of benzene rings is 2. The van der Waals surface area contributed by atoms with E-state index >= 15 is 0 Å². The Morgan fingerprint density at radius 3 is 2.50 bits per heavy atom. The minimum absolute atomic E-state index is 0.113. The molecule has 0 aromatic heterocycles. The van der Waals surface area contributed by atoms with Crippen LogP contribution < -0.4 is 16.0 Å². The van der Waals surface area contributed by atoms with Gasteiger partial charge in [0.05, 0.1) is 0 Å². The van der Waals surface area contributed by atoms with Crippen molar-refractivity contribution in [1.82, 2.24) is 10.6 Å². The fourth-order valence-electron chi connectivity index (χ4n) is 2.94. The Labute approximate surface area is 161 Å². The Bertz CT molecular complexity index is 799.